The molecule has 0 spiro atoms. The molecule has 1 aromatic heterocycles. The van der Waals surface area contributed by atoms with E-state index in [9.17, 15) is 23.5 Å². The Labute approximate surface area is 182 Å². The second-order valence-electron chi connectivity index (χ2n) is 6.93. The van der Waals surface area contributed by atoms with Crippen LogP contribution in [0.5, 0.6) is 5.75 Å². The summed E-state index contributed by atoms with van der Waals surface area (Å²) in [7, 11) is 0. The Hall–Kier alpha value is -3.76. The Bertz CT molecular complexity index is 1140. The van der Waals surface area contributed by atoms with Crippen LogP contribution in [0, 0.1) is 11.6 Å². The zero-order valence-electron chi connectivity index (χ0n) is 17.7. The van der Waals surface area contributed by atoms with Gasteiger partial charge in [0.05, 0.1) is 17.9 Å². The molecule has 0 aliphatic heterocycles. The first-order valence-electron chi connectivity index (χ1n) is 10.1. The molecule has 0 saturated carbocycles. The fourth-order valence-electron chi connectivity index (χ4n) is 3.05. The number of benzene rings is 2. The van der Waals surface area contributed by atoms with E-state index in [1.54, 1.807) is 17.9 Å². The number of aromatic nitrogens is 4. The molecule has 0 unspecified atom stereocenters. The van der Waals surface area contributed by atoms with Crippen molar-refractivity contribution in [3.05, 3.63) is 64.1 Å². The summed E-state index contributed by atoms with van der Waals surface area (Å²) in [6, 6.07) is 7.64. The molecule has 0 saturated heterocycles. The maximum Gasteiger partial charge on any atom is 0.370 e. The van der Waals surface area contributed by atoms with Gasteiger partial charge in [-0.15, -0.1) is 0 Å². The molecular weight excluding hydrogens is 424 g/mol. The van der Waals surface area contributed by atoms with Crippen LogP contribution in [-0.2, 0) is 6.67 Å². The number of aromatic carboxylic acids is 1. The van der Waals surface area contributed by atoms with Crippen molar-refractivity contribution in [2.75, 3.05) is 18.1 Å². The topological polar surface area (TPSA) is 102 Å². The normalized spacial score (nSPS) is 10.9. The number of nitrogens with zero attached hydrogens (tertiary/aromatic N) is 5. The highest BCUT2D eigenvalue weighted by Gasteiger charge is 2.20. The van der Waals surface area contributed by atoms with Crippen LogP contribution in [0.15, 0.2) is 41.2 Å². The first-order valence-corrected chi connectivity index (χ1v) is 10.1. The van der Waals surface area contributed by atoms with Crippen molar-refractivity contribution in [2.24, 2.45) is 0 Å². The summed E-state index contributed by atoms with van der Waals surface area (Å²) in [6.45, 7) is 4.48. The van der Waals surface area contributed by atoms with E-state index in [-0.39, 0.29) is 12.2 Å². The fraction of sp³-hybridized carbons (Fsp3) is 0.333. The van der Waals surface area contributed by atoms with E-state index in [1.807, 2.05) is 6.92 Å². The van der Waals surface area contributed by atoms with E-state index in [0.717, 1.165) is 29.7 Å². The fourth-order valence-corrected chi connectivity index (χ4v) is 3.05. The Morgan fingerprint density at radius 2 is 1.88 bits per heavy atom. The summed E-state index contributed by atoms with van der Waals surface area (Å²) in [5.74, 6) is -2.56. The van der Waals surface area contributed by atoms with Gasteiger partial charge in [0.15, 0.2) is 11.6 Å². The minimum Gasteiger partial charge on any atom is -0.491 e. The molecule has 0 atom stereocenters. The lowest BCUT2D eigenvalue weighted by atomic mass is 10.1. The molecule has 3 aromatic rings. The van der Waals surface area contributed by atoms with Gasteiger partial charge in [0.1, 0.15) is 18.1 Å². The van der Waals surface area contributed by atoms with Crippen molar-refractivity contribution in [3.8, 4) is 11.4 Å². The standard InChI is InChI=1S/C21H23F2N5O4/c1-3-5-11-32-18-10-9-14(20(29)30)12-17(18)26(4-2)13-27-21(31)28(25-24-27)19-15(22)7-6-8-16(19)23/h6-10,12H,3-5,11,13H2,1-2H3,(H,29,30). The molecule has 3 rings (SSSR count). The number of carboxylic acids is 1. The lowest BCUT2D eigenvalue weighted by molar-refractivity contribution is 0.0697. The lowest BCUT2D eigenvalue weighted by Crippen LogP contribution is -2.34. The largest absolute Gasteiger partial charge is 0.491 e. The monoisotopic (exact) mass is 447 g/mol. The summed E-state index contributed by atoms with van der Waals surface area (Å²) < 4.78 is 35.4. The average Bonchev–Trinajstić information content (AvgIpc) is 3.12. The van der Waals surface area contributed by atoms with Crippen LogP contribution in [0.4, 0.5) is 14.5 Å². The highest BCUT2D eigenvalue weighted by Crippen LogP contribution is 2.30. The van der Waals surface area contributed by atoms with E-state index in [0.29, 0.717) is 29.3 Å². The van der Waals surface area contributed by atoms with E-state index < -0.39 is 29.0 Å². The molecule has 170 valence electrons. The molecule has 1 heterocycles. The summed E-state index contributed by atoms with van der Waals surface area (Å²) in [5, 5.41) is 16.7. The molecule has 0 amide bonds. The van der Waals surface area contributed by atoms with Gasteiger partial charge in [-0.3, -0.25) is 0 Å². The van der Waals surface area contributed by atoms with E-state index >= 15 is 0 Å². The van der Waals surface area contributed by atoms with Gasteiger partial charge in [0.25, 0.3) is 0 Å². The summed E-state index contributed by atoms with van der Waals surface area (Å²) in [4.78, 5) is 25.9. The highest BCUT2D eigenvalue weighted by atomic mass is 19.1. The number of carbonyl (C=O) groups is 1. The van der Waals surface area contributed by atoms with Crippen molar-refractivity contribution in [2.45, 2.75) is 33.4 Å². The van der Waals surface area contributed by atoms with Crippen molar-refractivity contribution >= 4 is 11.7 Å². The third-order valence-corrected chi connectivity index (χ3v) is 4.78. The number of carboxylic acid groups (broad SMARTS) is 1. The Kier molecular flexibility index (Phi) is 7.18. The van der Waals surface area contributed by atoms with E-state index in [2.05, 4.69) is 10.4 Å². The van der Waals surface area contributed by atoms with Crippen molar-refractivity contribution in [1.29, 1.82) is 0 Å². The number of hydrogen-bond acceptors (Lipinski definition) is 6. The van der Waals surface area contributed by atoms with Crippen molar-refractivity contribution in [3.63, 3.8) is 0 Å². The number of ether oxygens (including phenoxy) is 1. The van der Waals surface area contributed by atoms with Gasteiger partial charge in [-0.25, -0.2) is 18.4 Å². The summed E-state index contributed by atoms with van der Waals surface area (Å²) >= 11 is 0. The molecule has 11 heteroatoms. The predicted octanol–water partition coefficient (Wildman–Crippen LogP) is 3.07. The maximum absolute atomic E-state index is 14.1. The predicted molar refractivity (Wildman–Crippen MR) is 112 cm³/mol. The molecule has 9 nitrogen and oxygen atoms in total. The third-order valence-electron chi connectivity index (χ3n) is 4.78. The number of hydrogen-bond donors (Lipinski definition) is 1. The van der Waals surface area contributed by atoms with Crippen LogP contribution in [0.25, 0.3) is 5.69 Å². The molecule has 0 bridgehead atoms. The number of tetrazole rings is 1. The Balaban J connectivity index is 1.97. The number of anilines is 1. The third kappa shape index (κ3) is 4.76. The number of para-hydroxylation sites is 1. The Morgan fingerprint density at radius 3 is 2.50 bits per heavy atom. The van der Waals surface area contributed by atoms with Crippen molar-refractivity contribution in [1.82, 2.24) is 19.8 Å². The van der Waals surface area contributed by atoms with Gasteiger partial charge in [0.2, 0.25) is 0 Å². The minimum absolute atomic E-state index is 0.0470. The van der Waals surface area contributed by atoms with Crippen LogP contribution < -0.4 is 15.3 Å². The highest BCUT2D eigenvalue weighted by molar-refractivity contribution is 5.89. The Morgan fingerprint density at radius 1 is 1.16 bits per heavy atom. The first-order chi connectivity index (χ1) is 15.4. The van der Waals surface area contributed by atoms with Gasteiger partial charge in [0, 0.05) is 6.54 Å². The zero-order chi connectivity index (χ0) is 23.3. The van der Waals surface area contributed by atoms with Crippen LogP contribution in [-0.4, -0.2) is 44.0 Å². The van der Waals surface area contributed by atoms with Gasteiger partial charge >= 0.3 is 11.7 Å². The zero-order valence-corrected chi connectivity index (χ0v) is 17.7. The molecule has 0 aliphatic carbocycles. The second-order valence-corrected chi connectivity index (χ2v) is 6.93. The molecule has 2 aromatic carbocycles. The van der Waals surface area contributed by atoms with Crippen LogP contribution in [0.3, 0.4) is 0 Å². The van der Waals surface area contributed by atoms with Crippen LogP contribution in [0.1, 0.15) is 37.0 Å². The van der Waals surface area contributed by atoms with Gasteiger partial charge < -0.3 is 14.7 Å². The molecule has 32 heavy (non-hydrogen) atoms. The smallest absolute Gasteiger partial charge is 0.370 e. The van der Waals surface area contributed by atoms with Gasteiger partial charge in [-0.2, -0.15) is 9.36 Å². The van der Waals surface area contributed by atoms with Gasteiger partial charge in [-0.1, -0.05) is 19.4 Å². The number of halogens is 2. The van der Waals surface area contributed by atoms with E-state index in [1.165, 1.54) is 18.2 Å². The number of rotatable bonds is 10. The SMILES string of the molecule is CCCCOc1ccc(C(=O)O)cc1N(CC)Cn1nnn(-c2c(F)cccc2F)c1=O. The molecule has 0 fully saturated rings. The second kappa shape index (κ2) is 10.0. The molecular formula is C21H23F2N5O4. The lowest BCUT2D eigenvalue weighted by Gasteiger charge is -2.25. The number of unbranched alkanes of at least 4 members (excludes halogenated alkanes) is 1. The van der Waals surface area contributed by atoms with Crippen LogP contribution in [0.2, 0.25) is 0 Å². The summed E-state index contributed by atoms with van der Waals surface area (Å²) in [5.41, 5.74) is -0.980. The molecule has 1 N–H and O–H groups in total. The van der Waals surface area contributed by atoms with E-state index in [4.69, 9.17) is 4.74 Å². The van der Waals surface area contributed by atoms with Crippen molar-refractivity contribution < 1.29 is 23.4 Å². The first kappa shape index (κ1) is 22.9. The summed E-state index contributed by atoms with van der Waals surface area (Å²) in [6.07, 6.45) is 1.74. The van der Waals surface area contributed by atoms with Gasteiger partial charge in [-0.05, 0) is 54.1 Å². The minimum atomic E-state index is -1.11. The maximum atomic E-state index is 14.1. The van der Waals surface area contributed by atoms with Crippen LogP contribution >= 0.6 is 0 Å². The average molecular weight is 447 g/mol. The quantitative estimate of drug-likeness (QED) is 0.477. The molecule has 0 aliphatic rings. The molecule has 0 radical (unpaired) electrons.